The van der Waals surface area contributed by atoms with Gasteiger partial charge in [0, 0.05) is 18.5 Å². The lowest BCUT2D eigenvalue weighted by Crippen LogP contribution is -2.45. The summed E-state index contributed by atoms with van der Waals surface area (Å²) in [6.45, 7) is 16.5. The smallest absolute Gasteiger partial charge is 0.226 e. The van der Waals surface area contributed by atoms with Crippen molar-refractivity contribution in [1.29, 1.82) is 0 Å². The van der Waals surface area contributed by atoms with E-state index in [0.29, 0.717) is 35.6 Å². The third kappa shape index (κ3) is 3.73. The molecule has 19 heavy (non-hydrogen) atoms. The normalized spacial score (nSPS) is 27.1. The molecule has 1 aliphatic rings. The van der Waals surface area contributed by atoms with Gasteiger partial charge in [0.2, 0.25) is 5.91 Å². The largest absolute Gasteiger partial charge is 0.339 e. The van der Waals surface area contributed by atoms with Gasteiger partial charge >= 0.3 is 0 Å². The number of rotatable bonds is 5. The SMILES string of the molecule is CCC(C)C(C(=O)N1CC(C)C[C@H]1C(C)C)C(C)C. The summed E-state index contributed by atoms with van der Waals surface area (Å²) in [7, 11) is 0. The summed E-state index contributed by atoms with van der Waals surface area (Å²) >= 11 is 0. The van der Waals surface area contributed by atoms with Crippen LogP contribution in [0.2, 0.25) is 0 Å². The Balaban J connectivity index is 2.89. The third-order valence-electron chi connectivity index (χ3n) is 4.87. The second kappa shape index (κ2) is 6.76. The van der Waals surface area contributed by atoms with Crippen molar-refractivity contribution >= 4 is 5.91 Å². The van der Waals surface area contributed by atoms with E-state index in [1.165, 1.54) is 6.42 Å². The first-order valence-electron chi connectivity index (χ1n) is 8.10. The molecule has 1 saturated heterocycles. The van der Waals surface area contributed by atoms with Crippen molar-refractivity contribution in [3.63, 3.8) is 0 Å². The van der Waals surface area contributed by atoms with Gasteiger partial charge in [0.05, 0.1) is 0 Å². The molecular formula is C17H33NO. The monoisotopic (exact) mass is 267 g/mol. The maximum Gasteiger partial charge on any atom is 0.226 e. The minimum atomic E-state index is 0.191. The Morgan fingerprint density at radius 3 is 2.21 bits per heavy atom. The summed E-state index contributed by atoms with van der Waals surface area (Å²) in [5, 5.41) is 0. The molecule has 0 aliphatic carbocycles. The van der Waals surface area contributed by atoms with Crippen LogP contribution in [0.5, 0.6) is 0 Å². The first-order valence-corrected chi connectivity index (χ1v) is 8.10. The van der Waals surface area contributed by atoms with Crippen LogP contribution in [-0.4, -0.2) is 23.4 Å². The van der Waals surface area contributed by atoms with E-state index in [2.05, 4.69) is 53.4 Å². The minimum Gasteiger partial charge on any atom is -0.339 e. The van der Waals surface area contributed by atoms with Crippen molar-refractivity contribution in [3.05, 3.63) is 0 Å². The topological polar surface area (TPSA) is 20.3 Å². The predicted molar refractivity (Wildman–Crippen MR) is 81.9 cm³/mol. The number of hydrogen-bond acceptors (Lipinski definition) is 1. The lowest BCUT2D eigenvalue weighted by Gasteiger charge is -2.35. The van der Waals surface area contributed by atoms with E-state index in [0.717, 1.165) is 13.0 Å². The molecule has 0 aromatic rings. The molecule has 1 heterocycles. The fourth-order valence-corrected chi connectivity index (χ4v) is 3.60. The molecule has 0 radical (unpaired) electrons. The molecular weight excluding hydrogens is 234 g/mol. The number of carbonyl (C=O) groups is 1. The highest BCUT2D eigenvalue weighted by Gasteiger charge is 2.39. The van der Waals surface area contributed by atoms with E-state index in [-0.39, 0.29) is 5.92 Å². The van der Waals surface area contributed by atoms with Gasteiger partial charge in [0.15, 0.2) is 0 Å². The lowest BCUT2D eigenvalue weighted by molar-refractivity contribution is -0.140. The first kappa shape index (κ1) is 16.5. The van der Waals surface area contributed by atoms with Gasteiger partial charge in [-0.2, -0.15) is 0 Å². The zero-order valence-corrected chi connectivity index (χ0v) is 13.9. The van der Waals surface area contributed by atoms with Crippen LogP contribution >= 0.6 is 0 Å². The Hall–Kier alpha value is -0.530. The highest BCUT2D eigenvalue weighted by atomic mass is 16.2. The fraction of sp³-hybridized carbons (Fsp3) is 0.941. The summed E-state index contributed by atoms with van der Waals surface area (Å²) in [6.07, 6.45) is 2.26. The molecule has 2 heteroatoms. The molecule has 1 fully saturated rings. The maximum absolute atomic E-state index is 13.0. The second-order valence-corrected chi connectivity index (χ2v) is 7.30. The molecule has 1 amide bonds. The van der Waals surface area contributed by atoms with Crippen LogP contribution < -0.4 is 0 Å². The summed E-state index contributed by atoms with van der Waals surface area (Å²) in [4.78, 5) is 15.2. The highest BCUT2D eigenvalue weighted by Crippen LogP contribution is 2.33. The van der Waals surface area contributed by atoms with E-state index in [4.69, 9.17) is 0 Å². The Morgan fingerprint density at radius 1 is 1.21 bits per heavy atom. The summed E-state index contributed by atoms with van der Waals surface area (Å²) in [5.74, 6) is 2.74. The van der Waals surface area contributed by atoms with Gasteiger partial charge in [-0.25, -0.2) is 0 Å². The number of amides is 1. The van der Waals surface area contributed by atoms with Gasteiger partial charge in [-0.15, -0.1) is 0 Å². The van der Waals surface area contributed by atoms with Gasteiger partial charge in [0.25, 0.3) is 0 Å². The fourth-order valence-electron chi connectivity index (χ4n) is 3.60. The molecule has 0 spiro atoms. The summed E-state index contributed by atoms with van der Waals surface area (Å²) in [5.41, 5.74) is 0. The van der Waals surface area contributed by atoms with Crippen LogP contribution in [0.3, 0.4) is 0 Å². The van der Waals surface area contributed by atoms with Crippen molar-refractivity contribution in [2.75, 3.05) is 6.54 Å². The Bertz CT molecular complexity index is 298. The van der Waals surface area contributed by atoms with Crippen LogP contribution in [0, 0.1) is 29.6 Å². The molecule has 1 aliphatic heterocycles. The van der Waals surface area contributed by atoms with Crippen LogP contribution in [0.15, 0.2) is 0 Å². The Labute approximate surface area is 119 Å². The van der Waals surface area contributed by atoms with Gasteiger partial charge in [-0.3, -0.25) is 4.79 Å². The number of likely N-dealkylation sites (tertiary alicyclic amines) is 1. The van der Waals surface area contributed by atoms with E-state index >= 15 is 0 Å². The molecule has 0 bridgehead atoms. The first-order chi connectivity index (χ1) is 8.79. The van der Waals surface area contributed by atoms with Crippen molar-refractivity contribution in [3.8, 4) is 0 Å². The van der Waals surface area contributed by atoms with E-state index in [1.54, 1.807) is 0 Å². The zero-order valence-electron chi connectivity index (χ0n) is 13.9. The van der Waals surface area contributed by atoms with Crippen molar-refractivity contribution in [2.45, 2.75) is 67.3 Å². The predicted octanol–water partition coefficient (Wildman–Crippen LogP) is 4.20. The van der Waals surface area contributed by atoms with Crippen molar-refractivity contribution in [1.82, 2.24) is 4.90 Å². The van der Waals surface area contributed by atoms with Crippen molar-refractivity contribution < 1.29 is 4.79 Å². The molecule has 4 atom stereocenters. The number of hydrogen-bond donors (Lipinski definition) is 0. The van der Waals surface area contributed by atoms with Gasteiger partial charge in [0.1, 0.15) is 0 Å². The quantitative estimate of drug-likeness (QED) is 0.731. The molecule has 0 N–H and O–H groups in total. The van der Waals surface area contributed by atoms with Gasteiger partial charge in [-0.1, -0.05) is 54.9 Å². The van der Waals surface area contributed by atoms with Crippen LogP contribution in [0.4, 0.5) is 0 Å². The molecule has 0 aromatic carbocycles. The summed E-state index contributed by atoms with van der Waals surface area (Å²) in [6, 6.07) is 0.452. The lowest BCUT2D eigenvalue weighted by atomic mass is 9.81. The van der Waals surface area contributed by atoms with E-state index in [1.807, 2.05) is 0 Å². The number of carbonyl (C=O) groups excluding carboxylic acids is 1. The van der Waals surface area contributed by atoms with Crippen LogP contribution in [-0.2, 0) is 4.79 Å². The zero-order chi connectivity index (χ0) is 14.7. The number of nitrogens with zero attached hydrogens (tertiary/aromatic N) is 1. The maximum atomic E-state index is 13.0. The highest BCUT2D eigenvalue weighted by molar-refractivity contribution is 5.80. The van der Waals surface area contributed by atoms with Gasteiger partial charge in [-0.05, 0) is 30.1 Å². The molecule has 3 unspecified atom stereocenters. The molecule has 1 rings (SSSR count). The van der Waals surface area contributed by atoms with Crippen LogP contribution in [0.25, 0.3) is 0 Å². The second-order valence-electron chi connectivity index (χ2n) is 7.30. The van der Waals surface area contributed by atoms with Crippen molar-refractivity contribution in [2.24, 2.45) is 29.6 Å². The minimum absolute atomic E-state index is 0.191. The van der Waals surface area contributed by atoms with E-state index in [9.17, 15) is 4.79 Å². The van der Waals surface area contributed by atoms with Crippen LogP contribution in [0.1, 0.15) is 61.3 Å². The summed E-state index contributed by atoms with van der Waals surface area (Å²) < 4.78 is 0. The Kier molecular flexibility index (Phi) is 5.88. The third-order valence-corrected chi connectivity index (χ3v) is 4.87. The molecule has 112 valence electrons. The molecule has 0 saturated carbocycles. The average molecular weight is 267 g/mol. The average Bonchev–Trinajstić information content (AvgIpc) is 2.70. The molecule has 2 nitrogen and oxygen atoms in total. The standard InChI is InChI=1S/C17H33NO/c1-8-14(7)16(12(4)5)17(19)18-10-13(6)9-15(18)11(2)3/h11-16H,8-10H2,1-7H3/t13?,14?,15-,16?/m0/s1. The Morgan fingerprint density at radius 2 is 1.79 bits per heavy atom. The van der Waals surface area contributed by atoms with E-state index < -0.39 is 0 Å². The molecule has 0 aromatic heterocycles. The van der Waals surface area contributed by atoms with Gasteiger partial charge < -0.3 is 4.90 Å².